The van der Waals surface area contributed by atoms with E-state index in [1.54, 1.807) is 42.6 Å². The highest BCUT2D eigenvalue weighted by Gasteiger charge is 2.15. The predicted molar refractivity (Wildman–Crippen MR) is 121 cm³/mol. The van der Waals surface area contributed by atoms with Gasteiger partial charge in [-0.1, -0.05) is 59.6 Å². The number of fused-ring (bicyclic) bond motifs is 2. The van der Waals surface area contributed by atoms with Crippen LogP contribution in [0, 0.1) is 0 Å². The van der Waals surface area contributed by atoms with Gasteiger partial charge < -0.3 is 4.98 Å². The molecule has 3 aromatic carbocycles. The fourth-order valence-electron chi connectivity index (χ4n) is 3.64. The monoisotopic (exact) mass is 433 g/mol. The number of halogens is 2. The van der Waals surface area contributed by atoms with Crippen molar-refractivity contribution < 1.29 is 0 Å². The Morgan fingerprint density at radius 1 is 0.833 bits per heavy atom. The van der Waals surface area contributed by atoms with Crippen molar-refractivity contribution >= 4 is 44.9 Å². The molecule has 0 radical (unpaired) electrons. The van der Waals surface area contributed by atoms with Crippen LogP contribution < -0.4 is 11.2 Å². The lowest BCUT2D eigenvalue weighted by Crippen LogP contribution is -2.33. The molecule has 146 valence electrons. The number of benzene rings is 3. The maximum absolute atomic E-state index is 13.2. The van der Waals surface area contributed by atoms with Gasteiger partial charge >= 0.3 is 5.69 Å². The Labute approximate surface area is 180 Å². The predicted octanol–water partition coefficient (Wildman–Crippen LogP) is 5.20. The van der Waals surface area contributed by atoms with Crippen molar-refractivity contribution in [3.05, 3.63) is 104 Å². The summed E-state index contributed by atoms with van der Waals surface area (Å²) in [5, 5.41) is 2.94. The van der Waals surface area contributed by atoms with Crippen molar-refractivity contribution in [3.8, 4) is 16.8 Å². The molecule has 5 nitrogen and oxygen atoms in total. The van der Waals surface area contributed by atoms with Crippen molar-refractivity contribution in [2.24, 2.45) is 0 Å². The number of nitrogens with zero attached hydrogens (tertiary/aromatic N) is 2. The van der Waals surface area contributed by atoms with E-state index in [-0.39, 0.29) is 0 Å². The van der Waals surface area contributed by atoms with E-state index in [1.807, 2.05) is 24.3 Å². The minimum atomic E-state index is -0.548. The lowest BCUT2D eigenvalue weighted by Gasteiger charge is -2.11. The average Bonchev–Trinajstić information content (AvgIpc) is 2.73. The Hall–Kier alpha value is -3.41. The van der Waals surface area contributed by atoms with Crippen molar-refractivity contribution in [3.63, 3.8) is 0 Å². The second-order valence-electron chi connectivity index (χ2n) is 6.81. The molecule has 5 rings (SSSR count). The molecule has 0 saturated heterocycles. The highest BCUT2D eigenvalue weighted by molar-refractivity contribution is 6.39. The fourth-order valence-corrected chi connectivity index (χ4v) is 4.26. The summed E-state index contributed by atoms with van der Waals surface area (Å²) >= 11 is 12.6. The van der Waals surface area contributed by atoms with Crippen LogP contribution in [0.2, 0.25) is 10.0 Å². The second kappa shape index (κ2) is 7.13. The van der Waals surface area contributed by atoms with Crippen molar-refractivity contribution in [2.45, 2.75) is 0 Å². The standard InChI is InChI=1S/C23H13Cl2N3O2/c24-17-6-3-7-18(25)21(17)13-8-9-16-19(10-13)27-23(30)28(22(16)29)20-12-26-11-14-4-1-2-5-15(14)20/h1-12H,(H,27,30). The Bertz CT molecular complexity index is 1550. The first kappa shape index (κ1) is 18.6. The Morgan fingerprint density at radius 3 is 2.40 bits per heavy atom. The van der Waals surface area contributed by atoms with E-state index in [0.717, 1.165) is 15.3 Å². The summed E-state index contributed by atoms with van der Waals surface area (Å²) in [4.78, 5) is 33.1. The third kappa shape index (κ3) is 2.91. The third-order valence-electron chi connectivity index (χ3n) is 5.04. The van der Waals surface area contributed by atoms with Gasteiger partial charge in [0.2, 0.25) is 0 Å². The van der Waals surface area contributed by atoms with E-state index in [1.165, 1.54) is 6.20 Å². The van der Waals surface area contributed by atoms with Gasteiger partial charge in [0.25, 0.3) is 5.56 Å². The van der Waals surface area contributed by atoms with Crippen LogP contribution in [0.25, 0.3) is 38.5 Å². The number of aromatic amines is 1. The SMILES string of the molecule is O=c1[nH]c2cc(-c3c(Cl)cccc3Cl)ccc2c(=O)n1-c1cncc2ccccc12. The summed E-state index contributed by atoms with van der Waals surface area (Å²) in [7, 11) is 0. The van der Waals surface area contributed by atoms with Crippen LogP contribution in [0.4, 0.5) is 0 Å². The van der Waals surface area contributed by atoms with Crippen LogP contribution in [0.15, 0.2) is 82.6 Å². The molecule has 0 aliphatic heterocycles. The fraction of sp³-hybridized carbons (Fsp3) is 0. The average molecular weight is 434 g/mol. The smallest absolute Gasteiger partial charge is 0.306 e. The van der Waals surface area contributed by atoms with Crippen LogP contribution in [0.5, 0.6) is 0 Å². The van der Waals surface area contributed by atoms with Gasteiger partial charge in [0.05, 0.1) is 22.8 Å². The second-order valence-corrected chi connectivity index (χ2v) is 7.62. The van der Waals surface area contributed by atoms with Gasteiger partial charge in [-0.25, -0.2) is 9.36 Å². The number of pyridine rings is 1. The molecule has 0 amide bonds. The number of nitrogens with one attached hydrogen (secondary N) is 1. The molecule has 0 fully saturated rings. The normalized spacial score (nSPS) is 11.3. The van der Waals surface area contributed by atoms with Gasteiger partial charge in [-0.15, -0.1) is 0 Å². The molecule has 2 heterocycles. The first-order valence-corrected chi connectivity index (χ1v) is 9.87. The quantitative estimate of drug-likeness (QED) is 0.415. The van der Waals surface area contributed by atoms with E-state index in [4.69, 9.17) is 23.2 Å². The van der Waals surface area contributed by atoms with Crippen molar-refractivity contribution in [1.29, 1.82) is 0 Å². The van der Waals surface area contributed by atoms with Crippen LogP contribution in [-0.2, 0) is 0 Å². The summed E-state index contributed by atoms with van der Waals surface area (Å²) in [6.45, 7) is 0. The topological polar surface area (TPSA) is 67.8 Å². The highest BCUT2D eigenvalue weighted by Crippen LogP contribution is 2.35. The van der Waals surface area contributed by atoms with Gasteiger partial charge in [-0.2, -0.15) is 0 Å². The zero-order valence-electron chi connectivity index (χ0n) is 15.4. The molecule has 0 saturated carbocycles. The molecular weight excluding hydrogens is 421 g/mol. The summed E-state index contributed by atoms with van der Waals surface area (Å²) in [6, 6.07) is 17.8. The van der Waals surface area contributed by atoms with E-state index < -0.39 is 11.2 Å². The molecule has 2 aromatic heterocycles. The Kier molecular flexibility index (Phi) is 4.42. The van der Waals surface area contributed by atoms with E-state index >= 15 is 0 Å². The van der Waals surface area contributed by atoms with Gasteiger partial charge in [0.15, 0.2) is 0 Å². The summed E-state index contributed by atoms with van der Waals surface area (Å²) in [5.41, 5.74) is 1.21. The van der Waals surface area contributed by atoms with Gasteiger partial charge in [-0.05, 0) is 29.8 Å². The first-order valence-electron chi connectivity index (χ1n) is 9.11. The summed E-state index contributed by atoms with van der Waals surface area (Å²) in [5.74, 6) is 0. The maximum Gasteiger partial charge on any atom is 0.333 e. The van der Waals surface area contributed by atoms with Crippen LogP contribution in [-0.4, -0.2) is 14.5 Å². The highest BCUT2D eigenvalue weighted by atomic mass is 35.5. The van der Waals surface area contributed by atoms with E-state index in [9.17, 15) is 9.59 Å². The Morgan fingerprint density at radius 2 is 1.60 bits per heavy atom. The first-order chi connectivity index (χ1) is 14.5. The molecule has 0 unspecified atom stereocenters. The molecule has 7 heteroatoms. The summed E-state index contributed by atoms with van der Waals surface area (Å²) < 4.78 is 1.11. The van der Waals surface area contributed by atoms with E-state index in [0.29, 0.717) is 37.8 Å². The number of rotatable bonds is 2. The number of aromatic nitrogens is 3. The van der Waals surface area contributed by atoms with Crippen molar-refractivity contribution in [1.82, 2.24) is 14.5 Å². The number of H-pyrrole nitrogens is 1. The minimum absolute atomic E-state index is 0.370. The number of hydrogen-bond donors (Lipinski definition) is 1. The lowest BCUT2D eigenvalue weighted by atomic mass is 10.0. The minimum Gasteiger partial charge on any atom is -0.306 e. The number of hydrogen-bond acceptors (Lipinski definition) is 3. The molecule has 0 atom stereocenters. The third-order valence-corrected chi connectivity index (χ3v) is 5.67. The van der Waals surface area contributed by atoms with Crippen LogP contribution in [0.1, 0.15) is 0 Å². The molecule has 1 N–H and O–H groups in total. The molecule has 30 heavy (non-hydrogen) atoms. The molecule has 0 bridgehead atoms. The molecule has 5 aromatic rings. The van der Waals surface area contributed by atoms with Gasteiger partial charge in [0, 0.05) is 32.6 Å². The largest absolute Gasteiger partial charge is 0.333 e. The Balaban J connectivity index is 1.78. The van der Waals surface area contributed by atoms with Crippen molar-refractivity contribution in [2.75, 3.05) is 0 Å². The van der Waals surface area contributed by atoms with Crippen LogP contribution >= 0.6 is 23.2 Å². The maximum atomic E-state index is 13.2. The lowest BCUT2D eigenvalue weighted by molar-refractivity contribution is 0.902. The molecule has 0 spiro atoms. The van der Waals surface area contributed by atoms with Gasteiger partial charge in [-0.3, -0.25) is 9.78 Å². The van der Waals surface area contributed by atoms with Crippen LogP contribution in [0.3, 0.4) is 0 Å². The van der Waals surface area contributed by atoms with Gasteiger partial charge in [0.1, 0.15) is 0 Å². The summed E-state index contributed by atoms with van der Waals surface area (Å²) in [6.07, 6.45) is 3.21. The zero-order chi connectivity index (χ0) is 20.8. The molecule has 0 aliphatic carbocycles. The molecule has 0 aliphatic rings. The zero-order valence-corrected chi connectivity index (χ0v) is 16.9. The molecular formula is C23H13Cl2N3O2. The van der Waals surface area contributed by atoms with E-state index in [2.05, 4.69) is 9.97 Å².